The zero-order chi connectivity index (χ0) is 29.7. The number of hydrogen-bond donors (Lipinski definition) is 8. The maximum atomic E-state index is 12.4. The van der Waals surface area contributed by atoms with Crippen LogP contribution in [0.25, 0.3) is 0 Å². The number of cyclic esters (lactones) is 1. The Morgan fingerprint density at radius 2 is 1.76 bits per heavy atom. The van der Waals surface area contributed by atoms with Crippen LogP contribution in [0.5, 0.6) is 0 Å². The van der Waals surface area contributed by atoms with E-state index in [-0.39, 0.29) is 38.2 Å². The number of esters is 1. The van der Waals surface area contributed by atoms with E-state index in [4.69, 9.17) is 14.2 Å². The van der Waals surface area contributed by atoms with E-state index in [1.54, 1.807) is 0 Å². The fourth-order valence-corrected chi connectivity index (χ4v) is 10.1. The molecule has 4 aliphatic carbocycles. The third-order valence-electron chi connectivity index (χ3n) is 12.2. The fraction of sp³-hybridized carbons (Fsp3) is 0.897. The van der Waals surface area contributed by atoms with E-state index in [1.807, 2.05) is 6.92 Å². The molecule has 4 unspecified atom stereocenters. The zero-order valence-electron chi connectivity index (χ0n) is 23.5. The highest BCUT2D eigenvalue weighted by Gasteiger charge is 2.75. The Morgan fingerprint density at radius 1 is 1.02 bits per heavy atom. The summed E-state index contributed by atoms with van der Waals surface area (Å²) in [6, 6.07) is 0. The van der Waals surface area contributed by atoms with Gasteiger partial charge in [0.25, 0.3) is 0 Å². The predicted octanol–water partition coefficient (Wildman–Crippen LogP) is -1.51. The lowest BCUT2D eigenvalue weighted by Crippen LogP contribution is -2.76. The highest BCUT2D eigenvalue weighted by molar-refractivity contribution is 5.85. The Kier molecular flexibility index (Phi) is 7.22. The van der Waals surface area contributed by atoms with Crippen molar-refractivity contribution in [3.63, 3.8) is 0 Å². The van der Waals surface area contributed by atoms with Gasteiger partial charge in [0.2, 0.25) is 0 Å². The van der Waals surface area contributed by atoms with Gasteiger partial charge < -0.3 is 55.1 Å². The molecule has 0 bridgehead atoms. The molecule has 0 aromatic rings. The van der Waals surface area contributed by atoms with Crippen LogP contribution in [0.2, 0.25) is 0 Å². The number of rotatable bonds is 4. The molecule has 0 radical (unpaired) electrons. The van der Waals surface area contributed by atoms with E-state index >= 15 is 0 Å². The molecule has 6 aliphatic rings. The number of ether oxygens (including phenoxy) is 3. The lowest BCUT2D eigenvalue weighted by atomic mass is 9.40. The molecule has 4 saturated carbocycles. The molecule has 12 nitrogen and oxygen atoms in total. The molecule has 232 valence electrons. The predicted molar refractivity (Wildman–Crippen MR) is 139 cm³/mol. The molecule has 0 aromatic carbocycles. The highest BCUT2D eigenvalue weighted by atomic mass is 16.7. The number of carbonyl (C=O) groups is 1. The lowest BCUT2D eigenvalue weighted by Gasteiger charge is -2.68. The van der Waals surface area contributed by atoms with Crippen LogP contribution in [0.3, 0.4) is 0 Å². The quantitative estimate of drug-likeness (QED) is 0.140. The third-order valence-corrected chi connectivity index (χ3v) is 12.2. The van der Waals surface area contributed by atoms with Gasteiger partial charge in [0.05, 0.1) is 47.6 Å². The van der Waals surface area contributed by atoms with Crippen LogP contribution in [0.1, 0.15) is 58.8 Å². The van der Waals surface area contributed by atoms with Gasteiger partial charge in [-0.3, -0.25) is 0 Å². The molecule has 5 fully saturated rings. The summed E-state index contributed by atoms with van der Waals surface area (Å²) >= 11 is 0. The summed E-state index contributed by atoms with van der Waals surface area (Å²) < 4.78 is 16.7. The highest BCUT2D eigenvalue weighted by Crippen LogP contribution is 2.70. The molecule has 2 heterocycles. The molecule has 41 heavy (non-hydrogen) atoms. The van der Waals surface area contributed by atoms with Crippen molar-refractivity contribution in [2.75, 3.05) is 13.2 Å². The van der Waals surface area contributed by atoms with E-state index in [9.17, 15) is 45.6 Å². The summed E-state index contributed by atoms with van der Waals surface area (Å²) in [5.74, 6) is -1.93. The summed E-state index contributed by atoms with van der Waals surface area (Å²) in [4.78, 5) is 11.8. The van der Waals surface area contributed by atoms with Crippen molar-refractivity contribution in [2.45, 2.75) is 119 Å². The summed E-state index contributed by atoms with van der Waals surface area (Å²) in [5, 5.41) is 89.6. The van der Waals surface area contributed by atoms with Crippen LogP contribution in [-0.4, -0.2) is 120 Å². The molecule has 1 saturated heterocycles. The summed E-state index contributed by atoms with van der Waals surface area (Å²) in [7, 11) is 0. The topological polar surface area (TPSA) is 207 Å². The van der Waals surface area contributed by atoms with Gasteiger partial charge in [-0.15, -0.1) is 0 Å². The van der Waals surface area contributed by atoms with Crippen LogP contribution in [0.4, 0.5) is 0 Å². The average Bonchev–Trinajstić information content (AvgIpc) is 3.45. The van der Waals surface area contributed by atoms with Gasteiger partial charge in [0.15, 0.2) is 6.29 Å². The van der Waals surface area contributed by atoms with Crippen molar-refractivity contribution in [1.82, 2.24) is 0 Å². The van der Waals surface area contributed by atoms with Crippen molar-refractivity contribution in [3.05, 3.63) is 11.6 Å². The monoisotopic (exact) mass is 584 g/mol. The third kappa shape index (κ3) is 3.99. The van der Waals surface area contributed by atoms with Crippen LogP contribution in [-0.2, 0) is 19.0 Å². The molecule has 0 amide bonds. The van der Waals surface area contributed by atoms with E-state index < -0.39 is 95.5 Å². The standard InChI is InChI=1S/C29H44O12/c1-13-22(34)23(35)24(36)25(40-13)41-15-8-19(32)28(12-30)21-17(3-5-27(28,37)9-15)29(38)6-4-16(14-7-20(33)39-11-14)26(29,2)10-18(21)31/h7,13,15-19,21-25,30-32,34-38H,3-6,8-12H2,1-2H3/t13-,15-,16+,17+,18+,19+,21+,22-,23+,24+,25-,26?,27?,28?,29?/m0/s1. The molecular weight excluding hydrogens is 540 g/mol. The first kappa shape index (κ1) is 29.9. The molecule has 2 aliphatic heterocycles. The second-order valence-corrected chi connectivity index (χ2v) is 13.8. The second-order valence-electron chi connectivity index (χ2n) is 13.8. The lowest BCUT2D eigenvalue weighted by molar-refractivity contribution is -0.342. The number of fused-ring (bicyclic) bond motifs is 5. The van der Waals surface area contributed by atoms with Crippen molar-refractivity contribution in [3.8, 4) is 0 Å². The van der Waals surface area contributed by atoms with Crippen LogP contribution >= 0.6 is 0 Å². The zero-order valence-corrected chi connectivity index (χ0v) is 23.5. The van der Waals surface area contributed by atoms with E-state index in [0.29, 0.717) is 19.3 Å². The fourth-order valence-electron chi connectivity index (χ4n) is 10.1. The number of hydrogen-bond acceptors (Lipinski definition) is 12. The average molecular weight is 585 g/mol. The summed E-state index contributed by atoms with van der Waals surface area (Å²) in [6.45, 7) is 3.00. The first-order chi connectivity index (χ1) is 19.2. The minimum atomic E-state index is -1.67. The Morgan fingerprint density at radius 3 is 2.41 bits per heavy atom. The molecule has 0 aromatic heterocycles. The summed E-state index contributed by atoms with van der Waals surface area (Å²) in [6.07, 6.45) is -6.68. The van der Waals surface area contributed by atoms with Crippen molar-refractivity contribution < 1.29 is 59.9 Å². The van der Waals surface area contributed by atoms with E-state index in [1.165, 1.54) is 13.0 Å². The smallest absolute Gasteiger partial charge is 0.331 e. The van der Waals surface area contributed by atoms with Gasteiger partial charge in [-0.25, -0.2) is 4.79 Å². The molecule has 8 N–H and O–H groups in total. The largest absolute Gasteiger partial charge is 0.458 e. The van der Waals surface area contributed by atoms with Gasteiger partial charge in [0, 0.05) is 30.3 Å². The SMILES string of the molecule is C[C@@H]1O[C@@H](O[C@H]2C[C@@H](O)C3(CO)[C@H]4[C@H](O)CC5(C)[C@@H](C6=CC(=O)OC6)CCC5(O)[C@@H]4CCC3(O)C2)[C@H](O)[C@H](O)[C@H]1O. The van der Waals surface area contributed by atoms with Gasteiger partial charge in [-0.2, -0.15) is 0 Å². The second kappa shape index (κ2) is 9.91. The van der Waals surface area contributed by atoms with Crippen LogP contribution in [0, 0.1) is 28.6 Å². The van der Waals surface area contributed by atoms with Gasteiger partial charge >= 0.3 is 5.97 Å². The van der Waals surface area contributed by atoms with Crippen molar-refractivity contribution in [2.24, 2.45) is 28.6 Å². The number of aliphatic hydroxyl groups is 8. The Labute approximate surface area is 238 Å². The normalized spacial score (nSPS) is 56.9. The minimum Gasteiger partial charge on any atom is -0.458 e. The first-order valence-electron chi connectivity index (χ1n) is 14.9. The van der Waals surface area contributed by atoms with Crippen LogP contribution in [0.15, 0.2) is 11.6 Å². The maximum Gasteiger partial charge on any atom is 0.331 e. The van der Waals surface area contributed by atoms with Crippen molar-refractivity contribution >= 4 is 5.97 Å². The van der Waals surface area contributed by atoms with Crippen molar-refractivity contribution in [1.29, 1.82) is 0 Å². The number of carbonyl (C=O) groups excluding carboxylic acids is 1. The van der Waals surface area contributed by atoms with Gasteiger partial charge in [0.1, 0.15) is 24.9 Å². The van der Waals surface area contributed by atoms with E-state index in [2.05, 4.69) is 0 Å². The molecule has 15 atom stereocenters. The molecule has 12 heteroatoms. The first-order valence-corrected chi connectivity index (χ1v) is 14.9. The Balaban J connectivity index is 1.28. The molecule has 0 spiro atoms. The number of aliphatic hydroxyl groups excluding tert-OH is 6. The Bertz CT molecular complexity index is 1080. The maximum absolute atomic E-state index is 12.4. The molecule has 6 rings (SSSR count). The van der Waals surface area contributed by atoms with Crippen LogP contribution < -0.4 is 0 Å². The van der Waals surface area contributed by atoms with Gasteiger partial charge in [-0.05, 0) is 56.4 Å². The van der Waals surface area contributed by atoms with Gasteiger partial charge in [-0.1, -0.05) is 6.92 Å². The van der Waals surface area contributed by atoms with E-state index in [0.717, 1.165) is 5.57 Å². The summed E-state index contributed by atoms with van der Waals surface area (Å²) in [5.41, 5.74) is -4.46. The molecular formula is C29H44O12. The minimum absolute atomic E-state index is 0.0369. The Hall–Kier alpha value is -1.19.